The van der Waals surface area contributed by atoms with Gasteiger partial charge in [-0.05, 0) is 13.3 Å². The molecule has 0 aromatic carbocycles. The van der Waals surface area contributed by atoms with Gasteiger partial charge in [0.2, 0.25) is 5.91 Å². The molecule has 1 fully saturated rings. The van der Waals surface area contributed by atoms with Crippen LogP contribution in [0.2, 0.25) is 0 Å². The maximum absolute atomic E-state index is 12.0. The fraction of sp³-hybridized carbons (Fsp3) is 0.700. The molecule has 1 aromatic heterocycles. The van der Waals surface area contributed by atoms with Crippen LogP contribution in [-0.2, 0) is 21.7 Å². The fourth-order valence-electron chi connectivity index (χ4n) is 1.82. The molecule has 1 aromatic rings. The highest BCUT2D eigenvalue weighted by Gasteiger charge is 2.30. The number of hydrogen-bond acceptors (Lipinski definition) is 6. The van der Waals surface area contributed by atoms with Crippen LogP contribution in [0.3, 0.4) is 0 Å². The number of aromatic nitrogens is 3. The zero-order valence-electron chi connectivity index (χ0n) is 10.7. The number of aryl methyl sites for hydroxylation is 1. The van der Waals surface area contributed by atoms with E-state index in [1.165, 1.54) is 11.8 Å². The number of amides is 1. The highest BCUT2D eigenvalue weighted by atomic mass is 32.2. The first-order valence-electron chi connectivity index (χ1n) is 5.89. The maximum Gasteiger partial charge on any atom is 0.233 e. The van der Waals surface area contributed by atoms with E-state index in [1.807, 2.05) is 0 Å². The molecule has 1 N–H and O–H groups in total. The average Bonchev–Trinajstić information content (AvgIpc) is 2.86. The average molecular weight is 304 g/mol. The monoisotopic (exact) mass is 304 g/mol. The van der Waals surface area contributed by atoms with Crippen molar-refractivity contribution in [3.8, 4) is 0 Å². The maximum atomic E-state index is 12.0. The Hall–Kier alpha value is -1.09. The van der Waals surface area contributed by atoms with Crippen LogP contribution in [0.5, 0.6) is 0 Å². The van der Waals surface area contributed by atoms with E-state index in [2.05, 4.69) is 15.5 Å². The van der Waals surface area contributed by atoms with Crippen LogP contribution in [0.25, 0.3) is 0 Å². The smallest absolute Gasteiger partial charge is 0.233 e. The van der Waals surface area contributed by atoms with E-state index in [4.69, 9.17) is 0 Å². The molecule has 7 nitrogen and oxygen atoms in total. The van der Waals surface area contributed by atoms with E-state index in [0.29, 0.717) is 11.6 Å². The van der Waals surface area contributed by atoms with Crippen LogP contribution in [0.4, 0.5) is 0 Å². The van der Waals surface area contributed by atoms with Gasteiger partial charge in [-0.25, -0.2) is 8.42 Å². The molecule has 0 radical (unpaired) electrons. The predicted molar refractivity (Wildman–Crippen MR) is 71.5 cm³/mol. The molecule has 2 heterocycles. The van der Waals surface area contributed by atoms with Crippen molar-refractivity contribution >= 4 is 27.5 Å². The third-order valence-corrected chi connectivity index (χ3v) is 5.82. The SMILES string of the molecule is C[C@@H](Sc1nncn1C)C(=O)N[C@H]1CCS(=O)(=O)C1. The van der Waals surface area contributed by atoms with Gasteiger partial charge in [0, 0.05) is 13.1 Å². The van der Waals surface area contributed by atoms with Gasteiger partial charge in [-0.3, -0.25) is 4.79 Å². The van der Waals surface area contributed by atoms with Gasteiger partial charge in [0.1, 0.15) is 6.33 Å². The minimum absolute atomic E-state index is 0.0418. The van der Waals surface area contributed by atoms with Crippen LogP contribution in [0, 0.1) is 0 Å². The van der Waals surface area contributed by atoms with E-state index < -0.39 is 9.84 Å². The molecule has 9 heteroatoms. The summed E-state index contributed by atoms with van der Waals surface area (Å²) in [5.74, 6) is 0.0261. The molecule has 1 saturated heterocycles. The van der Waals surface area contributed by atoms with Gasteiger partial charge < -0.3 is 9.88 Å². The van der Waals surface area contributed by atoms with Gasteiger partial charge in [0.05, 0.1) is 16.8 Å². The molecular formula is C10H16N4O3S2. The lowest BCUT2D eigenvalue weighted by Gasteiger charge is -2.15. The van der Waals surface area contributed by atoms with E-state index >= 15 is 0 Å². The summed E-state index contributed by atoms with van der Waals surface area (Å²) in [5, 5.41) is 10.7. The van der Waals surface area contributed by atoms with Gasteiger partial charge in [0.25, 0.3) is 0 Å². The van der Waals surface area contributed by atoms with Crippen molar-refractivity contribution in [1.29, 1.82) is 0 Å². The summed E-state index contributed by atoms with van der Waals surface area (Å²) in [6.45, 7) is 1.76. The number of carbonyl (C=O) groups is 1. The molecule has 0 bridgehead atoms. The Morgan fingerprint density at radius 3 is 2.89 bits per heavy atom. The Morgan fingerprint density at radius 2 is 2.37 bits per heavy atom. The number of nitrogens with zero attached hydrogens (tertiary/aromatic N) is 3. The third kappa shape index (κ3) is 3.69. The highest BCUT2D eigenvalue weighted by Crippen LogP contribution is 2.20. The van der Waals surface area contributed by atoms with E-state index in [9.17, 15) is 13.2 Å². The number of thioether (sulfide) groups is 1. The number of sulfone groups is 1. The third-order valence-electron chi connectivity index (χ3n) is 2.90. The summed E-state index contributed by atoms with van der Waals surface area (Å²) < 4.78 is 24.4. The summed E-state index contributed by atoms with van der Waals surface area (Å²) >= 11 is 1.30. The van der Waals surface area contributed by atoms with Gasteiger partial charge in [0.15, 0.2) is 15.0 Å². The molecule has 0 aliphatic carbocycles. The zero-order valence-corrected chi connectivity index (χ0v) is 12.4. The van der Waals surface area contributed by atoms with E-state index in [0.717, 1.165) is 0 Å². The normalized spacial score (nSPS) is 23.2. The summed E-state index contributed by atoms with van der Waals surface area (Å²) in [6.07, 6.45) is 2.06. The Balaban J connectivity index is 1.88. The number of carbonyl (C=O) groups excluding carboxylic acids is 1. The van der Waals surface area contributed by atoms with Gasteiger partial charge >= 0.3 is 0 Å². The van der Waals surface area contributed by atoms with Crippen molar-refractivity contribution in [3.63, 3.8) is 0 Å². The number of rotatable bonds is 4. The second-order valence-electron chi connectivity index (χ2n) is 4.59. The molecular weight excluding hydrogens is 288 g/mol. The zero-order chi connectivity index (χ0) is 14.0. The predicted octanol–water partition coefficient (Wildman–Crippen LogP) is -0.401. The Bertz CT molecular complexity index is 569. The minimum Gasteiger partial charge on any atom is -0.351 e. The molecule has 1 amide bonds. The second kappa shape index (κ2) is 5.49. The van der Waals surface area contributed by atoms with E-state index in [-0.39, 0.29) is 28.7 Å². The highest BCUT2D eigenvalue weighted by molar-refractivity contribution is 8.00. The standard InChI is InChI=1S/C10H16N4O3S2/c1-7(18-10-13-11-6-14(10)2)9(15)12-8-3-4-19(16,17)5-8/h6-8H,3-5H2,1-2H3,(H,12,15)/t7-,8+/m1/s1. The van der Waals surface area contributed by atoms with Crippen molar-refractivity contribution in [3.05, 3.63) is 6.33 Å². The van der Waals surface area contributed by atoms with Crippen molar-refractivity contribution in [2.75, 3.05) is 11.5 Å². The summed E-state index contributed by atoms with van der Waals surface area (Å²) in [6, 6.07) is -0.264. The van der Waals surface area contributed by atoms with Gasteiger partial charge in [-0.15, -0.1) is 10.2 Å². The fourth-order valence-corrected chi connectivity index (χ4v) is 4.29. The first-order valence-corrected chi connectivity index (χ1v) is 8.59. The molecule has 0 unspecified atom stereocenters. The van der Waals surface area contributed by atoms with Crippen LogP contribution in [0.1, 0.15) is 13.3 Å². The van der Waals surface area contributed by atoms with Gasteiger partial charge in [-0.1, -0.05) is 11.8 Å². The lowest BCUT2D eigenvalue weighted by molar-refractivity contribution is -0.120. The topological polar surface area (TPSA) is 93.9 Å². The molecule has 0 spiro atoms. The number of hydrogen-bond donors (Lipinski definition) is 1. The largest absolute Gasteiger partial charge is 0.351 e. The Labute approximate surface area is 116 Å². The molecule has 0 saturated carbocycles. The quantitative estimate of drug-likeness (QED) is 0.761. The lowest BCUT2D eigenvalue weighted by Crippen LogP contribution is -2.40. The molecule has 1 aliphatic heterocycles. The van der Waals surface area contributed by atoms with Crippen molar-refractivity contribution in [2.45, 2.75) is 29.8 Å². The van der Waals surface area contributed by atoms with Crippen molar-refractivity contribution in [1.82, 2.24) is 20.1 Å². The van der Waals surface area contributed by atoms with Crippen LogP contribution in [0.15, 0.2) is 11.5 Å². The molecule has 106 valence electrons. The second-order valence-corrected chi connectivity index (χ2v) is 8.13. The molecule has 1 aliphatic rings. The minimum atomic E-state index is -2.97. The van der Waals surface area contributed by atoms with Crippen molar-refractivity contribution < 1.29 is 13.2 Å². The summed E-state index contributed by atoms with van der Waals surface area (Å²) in [4.78, 5) is 12.0. The number of nitrogens with one attached hydrogen (secondary N) is 1. The van der Waals surface area contributed by atoms with Crippen LogP contribution in [-0.4, -0.2) is 51.9 Å². The van der Waals surface area contributed by atoms with Crippen molar-refractivity contribution in [2.24, 2.45) is 7.05 Å². The van der Waals surface area contributed by atoms with Crippen LogP contribution < -0.4 is 5.32 Å². The summed E-state index contributed by atoms with van der Waals surface area (Å²) in [5.41, 5.74) is 0. The first-order chi connectivity index (χ1) is 8.87. The molecule has 2 rings (SSSR count). The molecule has 19 heavy (non-hydrogen) atoms. The van der Waals surface area contributed by atoms with Gasteiger partial charge in [-0.2, -0.15) is 0 Å². The Kier molecular flexibility index (Phi) is 4.14. The molecule has 2 atom stereocenters. The summed E-state index contributed by atoms with van der Waals surface area (Å²) in [7, 11) is -1.17. The Morgan fingerprint density at radius 1 is 1.63 bits per heavy atom. The lowest BCUT2D eigenvalue weighted by atomic mass is 10.2. The van der Waals surface area contributed by atoms with E-state index in [1.54, 1.807) is 24.9 Å². The first kappa shape index (κ1) is 14.3. The van der Waals surface area contributed by atoms with Crippen LogP contribution >= 0.6 is 11.8 Å².